The Hall–Kier alpha value is -2.98. The van der Waals surface area contributed by atoms with Crippen molar-refractivity contribution >= 4 is 5.91 Å². The molecule has 0 fully saturated rings. The Kier molecular flexibility index (Phi) is 11.9. The van der Waals surface area contributed by atoms with Gasteiger partial charge in [-0.15, -0.1) is 0 Å². The lowest BCUT2D eigenvalue weighted by atomic mass is 9.88. The molecular weight excluding hydrogens is 418 g/mol. The fraction of sp³-hybridized carbons (Fsp3) is 0.400. The number of hydrogen-bond acceptors (Lipinski definition) is 3. The van der Waals surface area contributed by atoms with Crippen LogP contribution in [0.1, 0.15) is 72.3 Å². The number of carbonyl (C=O) groups excluding carboxylic acids is 1. The topological polar surface area (TPSA) is 54.0 Å². The molecule has 4 heteroatoms. The molecule has 0 aliphatic heterocycles. The highest BCUT2D eigenvalue weighted by atomic mass is 16.1. The number of unbranched alkanes of at least 4 members (excludes halogenated alkanes) is 4. The second kappa shape index (κ2) is 15.8. The first-order valence-corrected chi connectivity index (χ1v) is 12.8. The monoisotopic (exact) mass is 457 g/mol. The van der Waals surface area contributed by atoms with E-state index in [0.717, 1.165) is 19.5 Å². The van der Waals surface area contributed by atoms with Crippen molar-refractivity contribution in [3.8, 4) is 0 Å². The number of aromatic nitrogens is 1. The molecule has 4 nitrogen and oxygen atoms in total. The van der Waals surface area contributed by atoms with Crippen molar-refractivity contribution in [1.29, 1.82) is 0 Å². The summed E-state index contributed by atoms with van der Waals surface area (Å²) < 4.78 is 0. The van der Waals surface area contributed by atoms with Gasteiger partial charge in [0.1, 0.15) is 0 Å². The number of pyridine rings is 1. The number of carbonyl (C=O) groups is 1. The van der Waals surface area contributed by atoms with Crippen molar-refractivity contribution in [2.45, 2.75) is 57.3 Å². The zero-order valence-electron chi connectivity index (χ0n) is 20.3. The van der Waals surface area contributed by atoms with Crippen LogP contribution in [-0.4, -0.2) is 30.5 Å². The van der Waals surface area contributed by atoms with E-state index in [0.29, 0.717) is 18.0 Å². The van der Waals surface area contributed by atoms with Crippen molar-refractivity contribution in [2.75, 3.05) is 19.6 Å². The van der Waals surface area contributed by atoms with Crippen LogP contribution >= 0.6 is 0 Å². The molecule has 0 aliphatic carbocycles. The lowest BCUT2D eigenvalue weighted by molar-refractivity contribution is 0.0953. The molecule has 34 heavy (non-hydrogen) atoms. The van der Waals surface area contributed by atoms with E-state index >= 15 is 0 Å². The molecule has 3 aromatic rings. The molecule has 1 unspecified atom stereocenters. The smallest absolute Gasteiger partial charge is 0.252 e. The molecule has 0 spiro atoms. The molecule has 1 amide bonds. The zero-order chi connectivity index (χ0) is 23.7. The quantitative estimate of drug-likeness (QED) is 0.253. The van der Waals surface area contributed by atoms with E-state index in [2.05, 4.69) is 76.3 Å². The van der Waals surface area contributed by atoms with Gasteiger partial charge < -0.3 is 10.6 Å². The highest BCUT2D eigenvalue weighted by Crippen LogP contribution is 2.27. The first kappa shape index (κ1) is 25.6. The van der Waals surface area contributed by atoms with Gasteiger partial charge in [-0.3, -0.25) is 9.78 Å². The summed E-state index contributed by atoms with van der Waals surface area (Å²) in [7, 11) is 0. The fourth-order valence-corrected chi connectivity index (χ4v) is 4.35. The Morgan fingerprint density at radius 3 is 2.24 bits per heavy atom. The van der Waals surface area contributed by atoms with Crippen LogP contribution < -0.4 is 10.6 Å². The van der Waals surface area contributed by atoms with Gasteiger partial charge in [0.2, 0.25) is 0 Å². The molecule has 180 valence electrons. The van der Waals surface area contributed by atoms with E-state index < -0.39 is 0 Å². The number of benzene rings is 2. The number of rotatable bonds is 16. The Morgan fingerprint density at radius 1 is 0.735 bits per heavy atom. The lowest BCUT2D eigenvalue weighted by Crippen LogP contribution is -2.32. The minimum Gasteiger partial charge on any atom is -0.351 e. The van der Waals surface area contributed by atoms with Gasteiger partial charge in [0, 0.05) is 25.5 Å². The number of nitrogens with one attached hydrogen (secondary N) is 2. The number of amides is 1. The average molecular weight is 458 g/mol. The van der Waals surface area contributed by atoms with Crippen LogP contribution in [0.15, 0.2) is 85.2 Å². The van der Waals surface area contributed by atoms with Gasteiger partial charge >= 0.3 is 0 Å². The highest BCUT2D eigenvalue weighted by Gasteiger charge is 2.11. The largest absolute Gasteiger partial charge is 0.351 e. The second-order valence-corrected chi connectivity index (χ2v) is 8.94. The van der Waals surface area contributed by atoms with E-state index in [4.69, 9.17) is 0 Å². The number of nitrogens with zero attached hydrogens (tertiary/aromatic N) is 1. The van der Waals surface area contributed by atoms with Gasteiger partial charge in [-0.1, -0.05) is 86.3 Å². The van der Waals surface area contributed by atoms with Gasteiger partial charge in [0.15, 0.2) is 0 Å². The molecule has 3 rings (SSSR count). The summed E-state index contributed by atoms with van der Waals surface area (Å²) in [6.07, 6.45) is 13.2. The Bertz CT molecular complexity index is 916. The minimum absolute atomic E-state index is 0.0625. The van der Waals surface area contributed by atoms with Crippen LogP contribution in [0.25, 0.3) is 0 Å². The number of aryl methyl sites for hydroxylation is 1. The van der Waals surface area contributed by atoms with Crippen molar-refractivity contribution < 1.29 is 4.79 Å². The second-order valence-electron chi connectivity index (χ2n) is 8.94. The summed E-state index contributed by atoms with van der Waals surface area (Å²) in [4.78, 5) is 15.9. The van der Waals surface area contributed by atoms with Crippen LogP contribution in [0.5, 0.6) is 0 Å². The van der Waals surface area contributed by atoms with Crippen LogP contribution in [0.2, 0.25) is 0 Å². The SMILES string of the molecule is O=C(NCCNCCCCCCCC(CCc1ccccc1)c1ccccc1)c1cccnc1. The standard InChI is InChI=1S/C30H39N3O/c34-30(29-18-12-22-32-25-29)33-24-23-31-21-11-3-1-2-8-17-28(27-15-9-5-10-16-27)20-19-26-13-6-4-7-14-26/h4-7,9-10,12-16,18,22,25,28,31H,1-3,8,11,17,19-21,23-24H2,(H,33,34). The Balaban J connectivity index is 1.22. The molecule has 1 heterocycles. The van der Waals surface area contributed by atoms with Crippen molar-refractivity contribution in [1.82, 2.24) is 15.6 Å². The van der Waals surface area contributed by atoms with E-state index in [-0.39, 0.29) is 5.91 Å². The Labute approximate surface area is 205 Å². The molecule has 2 N–H and O–H groups in total. The third-order valence-electron chi connectivity index (χ3n) is 6.31. The summed E-state index contributed by atoms with van der Waals surface area (Å²) in [6, 6.07) is 25.4. The molecule has 0 aliphatic rings. The summed E-state index contributed by atoms with van der Waals surface area (Å²) in [6.45, 7) is 2.44. The van der Waals surface area contributed by atoms with Gasteiger partial charge in [-0.25, -0.2) is 0 Å². The maximum Gasteiger partial charge on any atom is 0.252 e. The van der Waals surface area contributed by atoms with Crippen LogP contribution in [0, 0.1) is 0 Å². The van der Waals surface area contributed by atoms with Gasteiger partial charge in [0.05, 0.1) is 5.56 Å². The fourth-order valence-electron chi connectivity index (χ4n) is 4.35. The predicted octanol–water partition coefficient (Wildman–Crippen LogP) is 6.16. The highest BCUT2D eigenvalue weighted by molar-refractivity contribution is 5.93. The van der Waals surface area contributed by atoms with Gasteiger partial charge in [-0.05, 0) is 61.4 Å². The maximum atomic E-state index is 12.0. The first-order chi connectivity index (χ1) is 16.8. The zero-order valence-corrected chi connectivity index (χ0v) is 20.3. The van der Waals surface area contributed by atoms with Crippen molar-refractivity contribution in [3.05, 3.63) is 102 Å². The molecule has 0 saturated heterocycles. The first-order valence-electron chi connectivity index (χ1n) is 12.8. The van der Waals surface area contributed by atoms with E-state index in [1.54, 1.807) is 24.5 Å². The molecule has 2 aromatic carbocycles. The van der Waals surface area contributed by atoms with E-state index in [1.807, 2.05) is 0 Å². The summed E-state index contributed by atoms with van der Waals surface area (Å²) >= 11 is 0. The van der Waals surface area contributed by atoms with Crippen LogP contribution in [0.4, 0.5) is 0 Å². The molecular formula is C30H39N3O. The average Bonchev–Trinajstić information content (AvgIpc) is 2.90. The number of hydrogen-bond donors (Lipinski definition) is 2. The summed E-state index contributed by atoms with van der Waals surface area (Å²) in [5.74, 6) is 0.581. The molecule has 1 aromatic heterocycles. The lowest BCUT2D eigenvalue weighted by Gasteiger charge is -2.17. The summed E-state index contributed by atoms with van der Waals surface area (Å²) in [5, 5.41) is 6.35. The van der Waals surface area contributed by atoms with E-state index in [1.165, 1.54) is 56.1 Å². The molecule has 0 radical (unpaired) electrons. The molecule has 0 bridgehead atoms. The van der Waals surface area contributed by atoms with Gasteiger partial charge in [0.25, 0.3) is 5.91 Å². The van der Waals surface area contributed by atoms with Crippen molar-refractivity contribution in [3.63, 3.8) is 0 Å². The maximum absolute atomic E-state index is 12.0. The van der Waals surface area contributed by atoms with Crippen LogP contribution in [0.3, 0.4) is 0 Å². The summed E-state index contributed by atoms with van der Waals surface area (Å²) in [5.41, 5.74) is 3.53. The Morgan fingerprint density at radius 2 is 1.47 bits per heavy atom. The molecule has 0 saturated carbocycles. The van der Waals surface area contributed by atoms with Crippen LogP contribution in [-0.2, 0) is 6.42 Å². The van der Waals surface area contributed by atoms with E-state index in [9.17, 15) is 4.79 Å². The normalized spacial score (nSPS) is 11.8. The van der Waals surface area contributed by atoms with Gasteiger partial charge in [-0.2, -0.15) is 0 Å². The predicted molar refractivity (Wildman–Crippen MR) is 141 cm³/mol. The van der Waals surface area contributed by atoms with Crippen molar-refractivity contribution in [2.24, 2.45) is 0 Å². The third kappa shape index (κ3) is 9.88. The third-order valence-corrected chi connectivity index (χ3v) is 6.31. The minimum atomic E-state index is -0.0625. The molecule has 1 atom stereocenters.